The Labute approximate surface area is 161 Å². The van der Waals surface area contributed by atoms with Crippen LogP contribution in [0.4, 0.5) is 0 Å². The van der Waals surface area contributed by atoms with Crippen molar-refractivity contribution in [1.82, 2.24) is 35.0 Å². The average molecular weight is 392 g/mol. The van der Waals surface area contributed by atoms with Crippen LogP contribution in [0.5, 0.6) is 0 Å². The number of amides is 2. The molecule has 1 N–H and O–H groups in total. The molecule has 2 aliphatic heterocycles. The first-order chi connectivity index (χ1) is 13.0. The van der Waals surface area contributed by atoms with Gasteiger partial charge in [0.1, 0.15) is 5.15 Å². The number of H-pyrrole nitrogens is 1. The van der Waals surface area contributed by atoms with E-state index in [0.717, 1.165) is 19.3 Å². The lowest BCUT2D eigenvalue weighted by Gasteiger charge is -2.46. The number of carbonyl (C=O) groups is 2. The maximum absolute atomic E-state index is 13.0. The van der Waals surface area contributed by atoms with Crippen LogP contribution in [0.3, 0.4) is 0 Å². The van der Waals surface area contributed by atoms with E-state index in [9.17, 15) is 9.59 Å². The molecule has 0 bridgehead atoms. The van der Waals surface area contributed by atoms with E-state index < -0.39 is 0 Å². The molecule has 0 spiro atoms. The van der Waals surface area contributed by atoms with Gasteiger partial charge in [0, 0.05) is 38.8 Å². The molecule has 0 aromatic carbocycles. The van der Waals surface area contributed by atoms with E-state index in [4.69, 9.17) is 11.6 Å². The van der Waals surface area contributed by atoms with Crippen molar-refractivity contribution in [2.24, 2.45) is 13.0 Å². The molecule has 9 nitrogen and oxygen atoms in total. The Morgan fingerprint density at radius 3 is 2.70 bits per heavy atom. The number of hydrogen-bond donors (Lipinski definition) is 1. The van der Waals surface area contributed by atoms with Gasteiger partial charge in [0.2, 0.25) is 0 Å². The molecule has 144 valence electrons. The number of halogens is 1. The fraction of sp³-hybridized carbons (Fsp3) is 0.588. The third-order valence-corrected chi connectivity index (χ3v) is 5.94. The zero-order valence-electron chi connectivity index (χ0n) is 15.4. The van der Waals surface area contributed by atoms with Crippen LogP contribution in [0.1, 0.15) is 45.9 Å². The Bertz CT molecular complexity index is 857. The van der Waals surface area contributed by atoms with E-state index >= 15 is 0 Å². The molecule has 4 heterocycles. The van der Waals surface area contributed by atoms with Gasteiger partial charge >= 0.3 is 0 Å². The number of carbonyl (C=O) groups excluding carboxylic acids is 2. The Kier molecular flexibility index (Phi) is 4.63. The highest BCUT2D eigenvalue weighted by molar-refractivity contribution is 6.29. The number of aromatic nitrogens is 5. The predicted octanol–water partition coefficient (Wildman–Crippen LogP) is 1.27. The summed E-state index contributed by atoms with van der Waals surface area (Å²) in [5.41, 5.74) is 1.36. The standard InChI is InChI=1S/C17H22ClN7O2/c1-10-15(20-22-19-10)17(27)24-7-5-13-11(9-24)4-3-6-25(13)16(26)12-8-14(18)23(2)21-12/h8,11,13H,3-7,9H2,1-2H3,(H,19,20,22). The molecule has 2 amide bonds. The van der Waals surface area contributed by atoms with Gasteiger partial charge in [0.25, 0.3) is 11.8 Å². The van der Waals surface area contributed by atoms with Gasteiger partial charge in [0.05, 0.1) is 5.69 Å². The molecule has 0 radical (unpaired) electrons. The van der Waals surface area contributed by atoms with Crippen molar-refractivity contribution in [3.8, 4) is 0 Å². The van der Waals surface area contributed by atoms with Crippen molar-refractivity contribution in [3.05, 3.63) is 28.3 Å². The van der Waals surface area contributed by atoms with Crippen molar-refractivity contribution in [2.45, 2.75) is 32.2 Å². The minimum absolute atomic E-state index is 0.0840. The SMILES string of the molecule is Cc1n[nH]nc1C(=O)N1CCC2C(CCCN2C(=O)c2cc(Cl)n(C)n2)C1. The molecule has 2 aliphatic rings. The first-order valence-corrected chi connectivity index (χ1v) is 9.50. The summed E-state index contributed by atoms with van der Waals surface area (Å²) in [6.45, 7) is 3.70. The Morgan fingerprint density at radius 2 is 2.04 bits per heavy atom. The van der Waals surface area contributed by atoms with E-state index in [-0.39, 0.29) is 23.8 Å². The molecule has 2 saturated heterocycles. The van der Waals surface area contributed by atoms with Crippen molar-refractivity contribution < 1.29 is 9.59 Å². The second-order valence-corrected chi connectivity index (χ2v) is 7.63. The van der Waals surface area contributed by atoms with E-state index in [1.807, 2.05) is 9.80 Å². The zero-order chi connectivity index (χ0) is 19.1. The topological polar surface area (TPSA) is 100 Å². The monoisotopic (exact) mass is 391 g/mol. The number of likely N-dealkylation sites (tertiary alicyclic amines) is 2. The molecular weight excluding hydrogens is 370 g/mol. The van der Waals surface area contributed by atoms with Crippen LogP contribution in [0, 0.1) is 12.8 Å². The molecular formula is C17H22ClN7O2. The van der Waals surface area contributed by atoms with Crippen LogP contribution in [0.25, 0.3) is 0 Å². The summed E-state index contributed by atoms with van der Waals surface area (Å²) in [6.07, 6.45) is 2.66. The zero-order valence-corrected chi connectivity index (χ0v) is 16.1. The summed E-state index contributed by atoms with van der Waals surface area (Å²) in [5.74, 6) is 0.0748. The molecule has 10 heteroatoms. The summed E-state index contributed by atoms with van der Waals surface area (Å²) in [5, 5.41) is 15.1. The second kappa shape index (κ2) is 6.95. The van der Waals surface area contributed by atoms with Crippen molar-refractivity contribution in [1.29, 1.82) is 0 Å². The average Bonchev–Trinajstić information content (AvgIpc) is 3.25. The fourth-order valence-corrected chi connectivity index (χ4v) is 4.31. The van der Waals surface area contributed by atoms with Crippen molar-refractivity contribution in [2.75, 3.05) is 19.6 Å². The van der Waals surface area contributed by atoms with Gasteiger partial charge in [-0.3, -0.25) is 14.3 Å². The largest absolute Gasteiger partial charge is 0.337 e. The van der Waals surface area contributed by atoms with Crippen LogP contribution >= 0.6 is 11.6 Å². The van der Waals surface area contributed by atoms with Crippen LogP contribution in [-0.4, -0.2) is 72.5 Å². The highest BCUT2D eigenvalue weighted by atomic mass is 35.5. The van der Waals surface area contributed by atoms with E-state index in [1.54, 1.807) is 20.0 Å². The van der Waals surface area contributed by atoms with Gasteiger partial charge in [-0.2, -0.15) is 20.5 Å². The number of fused-ring (bicyclic) bond motifs is 1. The Morgan fingerprint density at radius 1 is 1.22 bits per heavy atom. The molecule has 0 saturated carbocycles. The first kappa shape index (κ1) is 18.0. The maximum atomic E-state index is 13.0. The maximum Gasteiger partial charge on any atom is 0.276 e. The molecule has 2 fully saturated rings. The first-order valence-electron chi connectivity index (χ1n) is 9.13. The van der Waals surface area contributed by atoms with E-state index in [1.165, 1.54) is 4.68 Å². The van der Waals surface area contributed by atoms with Gasteiger partial charge in [-0.05, 0) is 32.1 Å². The number of aromatic amines is 1. The highest BCUT2D eigenvalue weighted by Gasteiger charge is 2.40. The van der Waals surface area contributed by atoms with Gasteiger partial charge in [0.15, 0.2) is 11.4 Å². The minimum atomic E-state index is -0.0975. The molecule has 27 heavy (non-hydrogen) atoms. The number of rotatable bonds is 2. The summed E-state index contributed by atoms with van der Waals surface area (Å²) in [7, 11) is 1.72. The van der Waals surface area contributed by atoms with Gasteiger partial charge in [-0.15, -0.1) is 0 Å². The summed E-state index contributed by atoms with van der Waals surface area (Å²) in [6, 6.07) is 1.73. The summed E-state index contributed by atoms with van der Waals surface area (Å²) >= 11 is 6.04. The van der Waals surface area contributed by atoms with E-state index in [0.29, 0.717) is 41.9 Å². The molecule has 2 aromatic rings. The fourth-order valence-electron chi connectivity index (χ4n) is 4.17. The van der Waals surface area contributed by atoms with Crippen LogP contribution in [0.2, 0.25) is 5.15 Å². The van der Waals surface area contributed by atoms with Gasteiger partial charge < -0.3 is 9.80 Å². The number of piperidine rings is 2. The molecule has 4 rings (SSSR count). The second-order valence-electron chi connectivity index (χ2n) is 7.24. The quantitative estimate of drug-likeness (QED) is 0.830. The van der Waals surface area contributed by atoms with Crippen LogP contribution < -0.4 is 0 Å². The number of aryl methyl sites for hydroxylation is 2. The molecule has 2 atom stereocenters. The predicted molar refractivity (Wildman–Crippen MR) is 97.4 cm³/mol. The molecule has 2 aromatic heterocycles. The minimum Gasteiger partial charge on any atom is -0.337 e. The Hall–Kier alpha value is -2.42. The third kappa shape index (κ3) is 3.20. The lowest BCUT2D eigenvalue weighted by Crippen LogP contribution is -2.56. The Balaban J connectivity index is 1.49. The van der Waals surface area contributed by atoms with Crippen LogP contribution in [0.15, 0.2) is 6.07 Å². The smallest absolute Gasteiger partial charge is 0.276 e. The van der Waals surface area contributed by atoms with Gasteiger partial charge in [-0.1, -0.05) is 11.6 Å². The highest BCUT2D eigenvalue weighted by Crippen LogP contribution is 2.32. The number of nitrogens with one attached hydrogen (secondary N) is 1. The lowest BCUT2D eigenvalue weighted by molar-refractivity contribution is 0.0191. The molecule has 0 aliphatic carbocycles. The van der Waals surface area contributed by atoms with E-state index in [2.05, 4.69) is 20.5 Å². The third-order valence-electron chi connectivity index (χ3n) is 5.58. The van der Waals surface area contributed by atoms with Gasteiger partial charge in [-0.25, -0.2) is 0 Å². The van der Waals surface area contributed by atoms with Crippen LogP contribution in [-0.2, 0) is 7.05 Å². The van der Waals surface area contributed by atoms with Crippen molar-refractivity contribution >= 4 is 23.4 Å². The normalized spacial score (nSPS) is 22.6. The number of hydrogen-bond acceptors (Lipinski definition) is 5. The lowest BCUT2D eigenvalue weighted by atomic mass is 9.83. The van der Waals surface area contributed by atoms with Crippen molar-refractivity contribution in [3.63, 3.8) is 0 Å². The summed E-state index contributed by atoms with van der Waals surface area (Å²) in [4.78, 5) is 29.4. The number of nitrogens with zero attached hydrogens (tertiary/aromatic N) is 6. The molecule has 2 unspecified atom stereocenters. The summed E-state index contributed by atoms with van der Waals surface area (Å²) < 4.78 is 1.50.